The van der Waals surface area contributed by atoms with E-state index >= 15 is 0 Å². The molecule has 31 heavy (non-hydrogen) atoms. The number of rotatable bonds is 8. The molecule has 1 saturated carbocycles. The van der Waals surface area contributed by atoms with Gasteiger partial charge in [-0.1, -0.05) is 43.3 Å². The summed E-state index contributed by atoms with van der Waals surface area (Å²) in [6.45, 7) is 10.1. The van der Waals surface area contributed by atoms with Crippen LogP contribution >= 0.6 is 0 Å². The fourth-order valence-corrected chi connectivity index (χ4v) is 3.92. The van der Waals surface area contributed by atoms with Crippen LogP contribution in [-0.4, -0.2) is 18.1 Å². The molecule has 2 aromatic carbocycles. The molecule has 158 valence electrons. The minimum atomic E-state index is -0.381. The maximum absolute atomic E-state index is 12.3. The average molecular weight is 413 g/mol. The van der Waals surface area contributed by atoms with Crippen molar-refractivity contribution in [1.82, 2.24) is 4.98 Å². The average Bonchev–Trinajstić information content (AvgIpc) is 3.64. The minimum absolute atomic E-state index is 0.143. The van der Waals surface area contributed by atoms with Crippen LogP contribution in [0.3, 0.4) is 0 Å². The van der Waals surface area contributed by atoms with E-state index in [1.54, 1.807) is 0 Å². The van der Waals surface area contributed by atoms with Crippen molar-refractivity contribution in [2.24, 2.45) is 0 Å². The summed E-state index contributed by atoms with van der Waals surface area (Å²) in [7, 11) is 1.40. The van der Waals surface area contributed by atoms with Crippen LogP contribution in [-0.2, 0) is 10.2 Å². The van der Waals surface area contributed by atoms with Gasteiger partial charge in [0.05, 0.1) is 7.11 Å². The Morgan fingerprint density at radius 3 is 2.61 bits per heavy atom. The molecule has 0 amide bonds. The Bertz CT molecular complexity index is 1160. The number of benzene rings is 2. The molecule has 0 bridgehead atoms. The first-order valence-electron chi connectivity index (χ1n) is 10.6. The number of nitrogens with zero attached hydrogens (tertiary/aromatic N) is 1. The van der Waals surface area contributed by atoms with E-state index in [0.717, 1.165) is 41.3 Å². The standard InChI is InChI=1S/C27H28N2O2/c1-5-13-27(3,6-2)22-11-9-20-15-23(12-10-19(20)14-22)29-25-24(26(30)31-4)16-21(17-28-25)18-7-8-18/h5-6,9-12,14-18H,1-2,7-8,13H2,3-4H3,(H,28,29). The molecule has 4 nitrogen and oxygen atoms in total. The number of ether oxygens (including phenoxy) is 1. The quantitative estimate of drug-likeness (QED) is 0.332. The Hall–Kier alpha value is -3.40. The molecule has 1 aromatic heterocycles. The summed E-state index contributed by atoms with van der Waals surface area (Å²) in [4.78, 5) is 16.9. The van der Waals surface area contributed by atoms with E-state index in [1.807, 2.05) is 30.5 Å². The van der Waals surface area contributed by atoms with Crippen LogP contribution in [0.25, 0.3) is 10.8 Å². The van der Waals surface area contributed by atoms with E-state index in [0.29, 0.717) is 17.3 Å². The Morgan fingerprint density at radius 1 is 1.19 bits per heavy atom. The van der Waals surface area contributed by atoms with Crippen LogP contribution in [0.4, 0.5) is 11.5 Å². The van der Waals surface area contributed by atoms with Crippen LogP contribution in [0.1, 0.15) is 53.6 Å². The van der Waals surface area contributed by atoms with Crippen molar-refractivity contribution in [2.45, 2.75) is 37.5 Å². The smallest absolute Gasteiger partial charge is 0.341 e. The summed E-state index contributed by atoms with van der Waals surface area (Å²) in [5, 5.41) is 5.55. The lowest BCUT2D eigenvalue weighted by Gasteiger charge is -2.25. The Balaban J connectivity index is 1.65. The van der Waals surface area contributed by atoms with Crippen molar-refractivity contribution in [3.8, 4) is 0 Å². The molecule has 1 aliphatic rings. The number of fused-ring (bicyclic) bond motifs is 1. The van der Waals surface area contributed by atoms with Crippen molar-refractivity contribution in [2.75, 3.05) is 12.4 Å². The third kappa shape index (κ3) is 4.24. The zero-order chi connectivity index (χ0) is 22.0. The van der Waals surface area contributed by atoms with Crippen LogP contribution in [0.2, 0.25) is 0 Å². The third-order valence-corrected chi connectivity index (χ3v) is 6.14. The number of nitrogens with one attached hydrogen (secondary N) is 1. The highest BCUT2D eigenvalue weighted by atomic mass is 16.5. The first-order valence-corrected chi connectivity index (χ1v) is 10.6. The predicted octanol–water partition coefficient (Wildman–Crippen LogP) is 6.66. The Kier molecular flexibility index (Phi) is 5.64. The predicted molar refractivity (Wildman–Crippen MR) is 127 cm³/mol. The molecular formula is C27H28N2O2. The van der Waals surface area contributed by atoms with Gasteiger partial charge in [-0.25, -0.2) is 9.78 Å². The first-order chi connectivity index (χ1) is 15.0. The molecule has 1 N–H and O–H groups in total. The number of hydrogen-bond acceptors (Lipinski definition) is 4. The van der Waals surface area contributed by atoms with Crippen LogP contribution in [0.5, 0.6) is 0 Å². The number of esters is 1. The van der Waals surface area contributed by atoms with Gasteiger partial charge in [0, 0.05) is 17.3 Å². The zero-order valence-corrected chi connectivity index (χ0v) is 18.2. The molecule has 1 aliphatic carbocycles. The molecule has 1 atom stereocenters. The summed E-state index contributed by atoms with van der Waals surface area (Å²) >= 11 is 0. The van der Waals surface area contributed by atoms with Gasteiger partial charge in [-0.15, -0.1) is 13.2 Å². The number of aromatic nitrogens is 1. The molecule has 0 aliphatic heterocycles. The summed E-state index contributed by atoms with van der Waals surface area (Å²) in [5.41, 5.74) is 3.50. The fourth-order valence-electron chi connectivity index (χ4n) is 3.92. The first kappa shape index (κ1) is 20.9. The van der Waals surface area contributed by atoms with Gasteiger partial charge in [0.15, 0.2) is 0 Å². The monoisotopic (exact) mass is 412 g/mol. The maximum atomic E-state index is 12.3. The zero-order valence-electron chi connectivity index (χ0n) is 18.2. The Labute approximate surface area is 183 Å². The molecule has 4 heteroatoms. The molecule has 0 saturated heterocycles. The van der Waals surface area contributed by atoms with Gasteiger partial charge < -0.3 is 10.1 Å². The van der Waals surface area contributed by atoms with Crippen molar-refractivity contribution in [3.05, 3.63) is 90.7 Å². The number of anilines is 2. The molecule has 0 radical (unpaired) electrons. The van der Waals surface area contributed by atoms with E-state index in [1.165, 1.54) is 12.7 Å². The lowest BCUT2D eigenvalue weighted by atomic mass is 9.79. The topological polar surface area (TPSA) is 51.2 Å². The molecule has 4 rings (SSSR count). The number of carbonyl (C=O) groups excluding carboxylic acids is 1. The normalized spacial score (nSPS) is 15.2. The van der Waals surface area contributed by atoms with E-state index in [9.17, 15) is 4.79 Å². The van der Waals surface area contributed by atoms with Gasteiger partial charge in [-0.05, 0) is 65.3 Å². The van der Waals surface area contributed by atoms with E-state index < -0.39 is 0 Å². The van der Waals surface area contributed by atoms with Gasteiger partial charge >= 0.3 is 5.97 Å². The van der Waals surface area contributed by atoms with Crippen molar-refractivity contribution < 1.29 is 9.53 Å². The highest BCUT2D eigenvalue weighted by Gasteiger charge is 2.26. The number of methoxy groups -OCH3 is 1. The van der Waals surface area contributed by atoms with Crippen molar-refractivity contribution in [1.29, 1.82) is 0 Å². The van der Waals surface area contributed by atoms with Crippen LogP contribution in [0, 0.1) is 0 Å². The van der Waals surface area contributed by atoms with Crippen molar-refractivity contribution >= 4 is 28.2 Å². The lowest BCUT2D eigenvalue weighted by Crippen LogP contribution is -2.17. The number of hydrogen-bond donors (Lipinski definition) is 1. The summed E-state index contributed by atoms with van der Waals surface area (Å²) in [5.74, 6) is 0.647. The summed E-state index contributed by atoms with van der Waals surface area (Å²) in [6.07, 6.45) is 8.91. The SMILES string of the molecule is C=CCC(C)(C=C)c1ccc2cc(Nc3ncc(C4CC4)cc3C(=O)OC)ccc2c1. The van der Waals surface area contributed by atoms with Gasteiger partial charge in [0.25, 0.3) is 0 Å². The second-order valence-electron chi connectivity index (χ2n) is 8.45. The molecule has 0 spiro atoms. The molecule has 3 aromatic rings. The van der Waals surface area contributed by atoms with Gasteiger partial charge in [-0.2, -0.15) is 0 Å². The minimum Gasteiger partial charge on any atom is -0.465 e. The third-order valence-electron chi connectivity index (χ3n) is 6.14. The van der Waals surface area contributed by atoms with E-state index in [-0.39, 0.29) is 11.4 Å². The molecule has 1 unspecified atom stereocenters. The molecule has 1 heterocycles. The van der Waals surface area contributed by atoms with Gasteiger partial charge in [0.2, 0.25) is 0 Å². The second-order valence-corrected chi connectivity index (χ2v) is 8.45. The highest BCUT2D eigenvalue weighted by Crippen LogP contribution is 2.41. The van der Waals surface area contributed by atoms with Crippen LogP contribution < -0.4 is 5.32 Å². The highest BCUT2D eigenvalue weighted by molar-refractivity contribution is 5.96. The molecule has 1 fully saturated rings. The van der Waals surface area contributed by atoms with E-state index in [2.05, 4.69) is 60.7 Å². The van der Waals surface area contributed by atoms with Gasteiger partial charge in [0.1, 0.15) is 11.4 Å². The second kappa shape index (κ2) is 8.38. The van der Waals surface area contributed by atoms with Gasteiger partial charge in [-0.3, -0.25) is 0 Å². The lowest BCUT2D eigenvalue weighted by molar-refractivity contribution is 0.0601. The molecular weight excluding hydrogens is 384 g/mol. The largest absolute Gasteiger partial charge is 0.465 e. The number of pyridine rings is 1. The van der Waals surface area contributed by atoms with Crippen LogP contribution in [0.15, 0.2) is 74.0 Å². The fraction of sp³-hybridized carbons (Fsp3) is 0.259. The van der Waals surface area contributed by atoms with Crippen molar-refractivity contribution in [3.63, 3.8) is 0 Å². The maximum Gasteiger partial charge on any atom is 0.341 e. The van der Waals surface area contributed by atoms with E-state index in [4.69, 9.17) is 4.74 Å². The number of allylic oxidation sites excluding steroid dienone is 2. The summed E-state index contributed by atoms with van der Waals surface area (Å²) in [6, 6.07) is 14.5. The number of carbonyl (C=O) groups is 1. The Morgan fingerprint density at radius 2 is 1.94 bits per heavy atom. The summed E-state index contributed by atoms with van der Waals surface area (Å²) < 4.78 is 4.98.